The van der Waals surface area contributed by atoms with E-state index in [4.69, 9.17) is 4.74 Å². The molecular formula is C7H6O2S. The number of rotatable bonds is 2. The van der Waals surface area contributed by atoms with E-state index in [2.05, 4.69) is 6.58 Å². The number of thiophene rings is 1. The first-order valence-corrected chi connectivity index (χ1v) is 3.63. The molecule has 0 aliphatic carbocycles. The van der Waals surface area contributed by atoms with Crippen molar-refractivity contribution in [3.63, 3.8) is 0 Å². The topological polar surface area (TPSA) is 26.3 Å². The Hall–Kier alpha value is -1.09. The van der Waals surface area contributed by atoms with E-state index in [-0.39, 0.29) is 0 Å². The van der Waals surface area contributed by atoms with Crippen molar-refractivity contribution in [2.75, 3.05) is 0 Å². The summed E-state index contributed by atoms with van der Waals surface area (Å²) < 4.78 is 4.76. The molecule has 1 aromatic rings. The van der Waals surface area contributed by atoms with Gasteiger partial charge in [0.15, 0.2) is 0 Å². The summed E-state index contributed by atoms with van der Waals surface area (Å²) in [5.74, 6) is 0.160. The van der Waals surface area contributed by atoms with Gasteiger partial charge in [-0.2, -0.15) is 0 Å². The van der Waals surface area contributed by atoms with Crippen LogP contribution in [0.4, 0.5) is 0 Å². The first-order valence-electron chi connectivity index (χ1n) is 2.69. The zero-order valence-electron chi connectivity index (χ0n) is 5.24. The second-order valence-corrected chi connectivity index (χ2v) is 2.36. The zero-order chi connectivity index (χ0) is 7.40. The fourth-order valence-electron chi connectivity index (χ4n) is 0.468. The van der Waals surface area contributed by atoms with Gasteiger partial charge in [0, 0.05) is 11.5 Å². The minimum Gasteiger partial charge on any atom is -0.422 e. The Bertz CT molecular complexity index is 226. The lowest BCUT2D eigenvalue weighted by Gasteiger charge is -1.93. The molecular weight excluding hydrogens is 148 g/mol. The molecule has 52 valence electrons. The lowest BCUT2D eigenvalue weighted by Crippen LogP contribution is -2.01. The molecule has 0 saturated carbocycles. The van der Waals surface area contributed by atoms with Crippen molar-refractivity contribution >= 4 is 17.3 Å². The third-order valence-electron chi connectivity index (χ3n) is 0.880. The molecule has 0 spiro atoms. The summed E-state index contributed by atoms with van der Waals surface area (Å²) >= 11 is 1.48. The zero-order valence-corrected chi connectivity index (χ0v) is 6.06. The van der Waals surface area contributed by atoms with Crippen LogP contribution in [-0.4, -0.2) is 5.97 Å². The highest BCUT2D eigenvalue weighted by Crippen LogP contribution is 2.14. The Morgan fingerprint density at radius 2 is 2.60 bits per heavy atom. The van der Waals surface area contributed by atoms with Gasteiger partial charge in [-0.25, -0.2) is 4.79 Å². The van der Waals surface area contributed by atoms with Crippen LogP contribution in [-0.2, 0) is 4.79 Å². The first-order chi connectivity index (χ1) is 4.83. The lowest BCUT2D eigenvalue weighted by atomic mass is 10.6. The van der Waals surface area contributed by atoms with Crippen LogP contribution in [0.15, 0.2) is 29.5 Å². The average Bonchev–Trinajstić information content (AvgIpc) is 2.40. The molecule has 0 saturated heterocycles. The van der Waals surface area contributed by atoms with Gasteiger partial charge >= 0.3 is 5.97 Å². The standard InChI is InChI=1S/C7H6O2S/c1-2-7(8)9-6-3-4-10-5-6/h2-5H,1H2. The average molecular weight is 154 g/mol. The Morgan fingerprint density at radius 3 is 3.10 bits per heavy atom. The molecule has 1 heterocycles. The molecule has 0 bridgehead atoms. The summed E-state index contributed by atoms with van der Waals surface area (Å²) in [4.78, 5) is 10.5. The third-order valence-corrected chi connectivity index (χ3v) is 1.54. The number of esters is 1. The van der Waals surface area contributed by atoms with Crippen molar-refractivity contribution in [3.05, 3.63) is 29.5 Å². The molecule has 3 heteroatoms. The smallest absolute Gasteiger partial charge is 0.335 e. The Kier molecular flexibility index (Phi) is 2.23. The van der Waals surface area contributed by atoms with Crippen molar-refractivity contribution < 1.29 is 9.53 Å². The van der Waals surface area contributed by atoms with Gasteiger partial charge in [-0.3, -0.25) is 0 Å². The molecule has 0 radical (unpaired) electrons. The van der Waals surface area contributed by atoms with Gasteiger partial charge in [0.2, 0.25) is 0 Å². The third kappa shape index (κ3) is 1.70. The van der Waals surface area contributed by atoms with E-state index >= 15 is 0 Å². The van der Waals surface area contributed by atoms with Gasteiger partial charge in [0.05, 0.1) is 0 Å². The first kappa shape index (κ1) is 7.02. The summed E-state index contributed by atoms with van der Waals surface area (Å²) in [6, 6.07) is 1.73. The van der Waals surface area contributed by atoms with Crippen molar-refractivity contribution in [3.8, 4) is 5.75 Å². The largest absolute Gasteiger partial charge is 0.422 e. The highest BCUT2D eigenvalue weighted by atomic mass is 32.1. The van der Waals surface area contributed by atoms with Crippen LogP contribution in [0, 0.1) is 0 Å². The maximum Gasteiger partial charge on any atom is 0.335 e. The van der Waals surface area contributed by atoms with Crippen molar-refractivity contribution in [2.45, 2.75) is 0 Å². The monoisotopic (exact) mass is 154 g/mol. The van der Waals surface area contributed by atoms with Gasteiger partial charge < -0.3 is 4.74 Å². The fraction of sp³-hybridized carbons (Fsp3) is 0. The summed E-state index contributed by atoms with van der Waals surface area (Å²) in [5.41, 5.74) is 0. The highest BCUT2D eigenvalue weighted by molar-refractivity contribution is 7.08. The van der Waals surface area contributed by atoms with Gasteiger partial charge in [-0.1, -0.05) is 6.58 Å². The molecule has 1 rings (SSSR count). The van der Waals surface area contributed by atoms with Crippen LogP contribution in [0.1, 0.15) is 0 Å². The van der Waals surface area contributed by atoms with Crippen LogP contribution in [0.5, 0.6) is 5.75 Å². The lowest BCUT2D eigenvalue weighted by molar-refractivity contribution is -0.128. The van der Waals surface area contributed by atoms with Crippen molar-refractivity contribution in [1.82, 2.24) is 0 Å². The van der Waals surface area contributed by atoms with E-state index in [9.17, 15) is 4.79 Å². The molecule has 0 aromatic carbocycles. The normalized spacial score (nSPS) is 8.80. The van der Waals surface area contributed by atoms with Gasteiger partial charge in [-0.15, -0.1) is 11.3 Å². The van der Waals surface area contributed by atoms with E-state index in [1.807, 2.05) is 5.38 Å². The second-order valence-electron chi connectivity index (χ2n) is 1.58. The predicted molar refractivity (Wildman–Crippen MR) is 40.2 cm³/mol. The maximum atomic E-state index is 10.5. The molecule has 1 aromatic heterocycles. The van der Waals surface area contributed by atoms with E-state index in [0.717, 1.165) is 6.08 Å². The molecule has 0 fully saturated rings. The molecule has 0 aliphatic rings. The second kappa shape index (κ2) is 3.17. The molecule has 0 atom stereocenters. The minimum absolute atomic E-state index is 0.418. The van der Waals surface area contributed by atoms with E-state index in [1.54, 1.807) is 11.4 Å². The molecule has 2 nitrogen and oxygen atoms in total. The fourth-order valence-corrected chi connectivity index (χ4v) is 1.02. The molecule has 0 N–H and O–H groups in total. The van der Waals surface area contributed by atoms with Crippen molar-refractivity contribution in [1.29, 1.82) is 0 Å². The number of hydrogen-bond donors (Lipinski definition) is 0. The highest BCUT2D eigenvalue weighted by Gasteiger charge is 1.97. The van der Waals surface area contributed by atoms with Crippen LogP contribution in [0.3, 0.4) is 0 Å². The molecule has 10 heavy (non-hydrogen) atoms. The number of carbonyl (C=O) groups is 1. The predicted octanol–water partition coefficient (Wildman–Crippen LogP) is 1.84. The van der Waals surface area contributed by atoms with Crippen LogP contribution in [0.25, 0.3) is 0 Å². The molecule has 0 amide bonds. The Morgan fingerprint density at radius 1 is 1.80 bits per heavy atom. The quantitative estimate of drug-likeness (QED) is 0.480. The van der Waals surface area contributed by atoms with E-state index in [0.29, 0.717) is 5.75 Å². The van der Waals surface area contributed by atoms with E-state index < -0.39 is 5.97 Å². The summed E-state index contributed by atoms with van der Waals surface area (Å²) in [7, 11) is 0. The van der Waals surface area contributed by atoms with Gasteiger partial charge in [0.25, 0.3) is 0 Å². The summed E-state index contributed by atoms with van der Waals surface area (Å²) in [6.45, 7) is 3.27. The maximum absolute atomic E-state index is 10.5. The number of ether oxygens (including phenoxy) is 1. The van der Waals surface area contributed by atoms with Gasteiger partial charge in [0.1, 0.15) is 5.75 Å². The Labute approximate surface area is 62.8 Å². The Balaban J connectivity index is 2.56. The van der Waals surface area contributed by atoms with Crippen LogP contribution < -0.4 is 4.74 Å². The summed E-state index contributed by atoms with van der Waals surface area (Å²) in [5, 5.41) is 3.59. The summed E-state index contributed by atoms with van der Waals surface area (Å²) in [6.07, 6.45) is 1.14. The molecule has 0 aliphatic heterocycles. The van der Waals surface area contributed by atoms with Crippen molar-refractivity contribution in [2.24, 2.45) is 0 Å². The minimum atomic E-state index is -0.418. The SMILES string of the molecule is C=CC(=O)Oc1ccsc1. The van der Waals surface area contributed by atoms with Gasteiger partial charge in [-0.05, 0) is 11.4 Å². The molecule has 0 unspecified atom stereocenters. The number of hydrogen-bond acceptors (Lipinski definition) is 3. The van der Waals surface area contributed by atoms with E-state index in [1.165, 1.54) is 11.3 Å². The van der Waals surface area contributed by atoms with Crippen LogP contribution in [0.2, 0.25) is 0 Å². The number of carbonyl (C=O) groups excluding carboxylic acids is 1. The van der Waals surface area contributed by atoms with Crippen LogP contribution >= 0.6 is 11.3 Å².